The van der Waals surface area contributed by atoms with E-state index in [0.717, 1.165) is 12.3 Å². The van der Waals surface area contributed by atoms with Gasteiger partial charge in [-0.2, -0.15) is 18.9 Å². The number of hydrogen-bond donors (Lipinski definition) is 0. The van der Waals surface area contributed by atoms with Crippen LogP contribution in [0.1, 0.15) is 0 Å². The monoisotopic (exact) mass is 521 g/mol. The Hall–Kier alpha value is -4.43. The van der Waals surface area contributed by atoms with Crippen LogP contribution in [0, 0.1) is 0 Å². The van der Waals surface area contributed by atoms with Crippen molar-refractivity contribution < 1.29 is 36.5 Å². The molecule has 15 heteroatoms. The van der Waals surface area contributed by atoms with Gasteiger partial charge in [-0.1, -0.05) is 0 Å². The minimum Gasteiger partial charge on any atom is -0.480 e. The number of rotatable bonds is 8. The normalized spacial score (nSPS) is 16.8. The maximum absolute atomic E-state index is 15.0. The van der Waals surface area contributed by atoms with Crippen molar-refractivity contribution in [3.8, 4) is 34.8 Å². The summed E-state index contributed by atoms with van der Waals surface area (Å²) in [5, 5.41) is 4.49. The lowest BCUT2D eigenvalue weighted by atomic mass is 10.2. The first-order chi connectivity index (χ1) is 17.8. The molecule has 194 valence electrons. The van der Waals surface area contributed by atoms with Crippen molar-refractivity contribution in [3.05, 3.63) is 43.0 Å². The fraction of sp³-hybridized carbons (Fsp3) is 0.318. The van der Waals surface area contributed by atoms with E-state index in [2.05, 4.69) is 29.8 Å². The van der Waals surface area contributed by atoms with Crippen LogP contribution in [0.3, 0.4) is 0 Å². The highest BCUT2D eigenvalue weighted by atomic mass is 19.3. The maximum Gasteiger partial charge on any atom is 0.387 e. The summed E-state index contributed by atoms with van der Waals surface area (Å²) < 4.78 is 76.2. The third kappa shape index (κ3) is 4.83. The molecular formula is C22H19F4N7O4. The van der Waals surface area contributed by atoms with E-state index in [1.807, 2.05) is 0 Å². The van der Waals surface area contributed by atoms with Crippen molar-refractivity contribution in [2.75, 3.05) is 32.2 Å². The van der Waals surface area contributed by atoms with E-state index < -0.39 is 25.2 Å². The van der Waals surface area contributed by atoms with Crippen molar-refractivity contribution >= 4 is 11.3 Å². The number of ether oxygens (including phenoxy) is 4. The molecular weight excluding hydrogens is 502 g/mol. The maximum atomic E-state index is 15.0. The average molecular weight is 521 g/mol. The second-order valence-corrected chi connectivity index (χ2v) is 7.85. The molecule has 0 radical (unpaired) electrons. The first kappa shape index (κ1) is 24.3. The number of halogens is 4. The predicted octanol–water partition coefficient (Wildman–Crippen LogP) is 3.10. The highest BCUT2D eigenvalue weighted by Gasteiger charge is 2.51. The van der Waals surface area contributed by atoms with Gasteiger partial charge >= 0.3 is 18.5 Å². The van der Waals surface area contributed by atoms with E-state index in [1.54, 1.807) is 12.3 Å². The summed E-state index contributed by atoms with van der Waals surface area (Å²) >= 11 is 0. The van der Waals surface area contributed by atoms with Crippen LogP contribution in [0.4, 0.5) is 23.2 Å². The van der Waals surface area contributed by atoms with Gasteiger partial charge in [0.15, 0.2) is 11.8 Å². The van der Waals surface area contributed by atoms with Gasteiger partial charge < -0.3 is 23.8 Å². The molecule has 4 aromatic rings. The van der Waals surface area contributed by atoms with Gasteiger partial charge in [0.1, 0.15) is 11.4 Å². The lowest BCUT2D eigenvalue weighted by molar-refractivity contribution is -0.0612. The Morgan fingerprint density at radius 3 is 2.62 bits per heavy atom. The summed E-state index contributed by atoms with van der Waals surface area (Å²) in [6.07, 6.45) is 3.92. The smallest absolute Gasteiger partial charge is 0.387 e. The Morgan fingerprint density at radius 1 is 1.08 bits per heavy atom. The van der Waals surface area contributed by atoms with Crippen LogP contribution in [0.25, 0.3) is 16.9 Å². The molecule has 0 bridgehead atoms. The minimum absolute atomic E-state index is 0.0890. The summed E-state index contributed by atoms with van der Waals surface area (Å²) in [7, 11) is 2.83. The molecule has 0 saturated carbocycles. The lowest BCUT2D eigenvalue weighted by Crippen LogP contribution is -2.36. The second kappa shape index (κ2) is 9.55. The molecule has 0 N–H and O–H groups in total. The van der Waals surface area contributed by atoms with Gasteiger partial charge in [-0.15, -0.1) is 0 Å². The Morgan fingerprint density at radius 2 is 1.92 bits per heavy atom. The van der Waals surface area contributed by atoms with Gasteiger partial charge in [-0.3, -0.25) is 0 Å². The topological polar surface area (TPSA) is 109 Å². The average Bonchev–Trinajstić information content (AvgIpc) is 3.47. The van der Waals surface area contributed by atoms with Crippen LogP contribution >= 0.6 is 0 Å². The molecule has 1 aliphatic rings. The molecule has 0 aliphatic carbocycles. The Labute approximate surface area is 206 Å². The zero-order valence-corrected chi connectivity index (χ0v) is 19.4. The lowest BCUT2D eigenvalue weighted by Gasteiger charge is -2.19. The first-order valence-corrected chi connectivity index (χ1v) is 10.8. The summed E-state index contributed by atoms with van der Waals surface area (Å²) in [6.45, 7) is -3.92. The second-order valence-electron chi connectivity index (χ2n) is 7.85. The van der Waals surface area contributed by atoms with Crippen molar-refractivity contribution in [1.29, 1.82) is 0 Å². The zero-order valence-electron chi connectivity index (χ0n) is 19.4. The number of alkyl halides is 4. The van der Waals surface area contributed by atoms with Crippen molar-refractivity contribution in [3.63, 3.8) is 0 Å². The van der Waals surface area contributed by atoms with Crippen LogP contribution < -0.4 is 23.8 Å². The Kier molecular flexibility index (Phi) is 6.27. The fourth-order valence-corrected chi connectivity index (χ4v) is 3.86. The molecule has 37 heavy (non-hydrogen) atoms. The molecule has 0 aromatic carbocycles. The van der Waals surface area contributed by atoms with Gasteiger partial charge in [-0.25, -0.2) is 28.2 Å². The number of anilines is 1. The number of pyridine rings is 1. The Balaban J connectivity index is 1.45. The number of imidazole rings is 1. The molecule has 1 atom stereocenters. The van der Waals surface area contributed by atoms with Crippen molar-refractivity contribution in [2.24, 2.45) is 0 Å². The molecule has 1 unspecified atom stereocenters. The summed E-state index contributed by atoms with van der Waals surface area (Å²) in [5.41, 5.74) is 1.48. The summed E-state index contributed by atoms with van der Waals surface area (Å²) in [4.78, 5) is 17.7. The van der Waals surface area contributed by atoms with Gasteiger partial charge in [0.25, 0.3) is 0 Å². The van der Waals surface area contributed by atoms with Crippen LogP contribution in [0.5, 0.6) is 23.5 Å². The van der Waals surface area contributed by atoms with E-state index in [0.29, 0.717) is 22.6 Å². The predicted molar refractivity (Wildman–Crippen MR) is 120 cm³/mol. The number of nitrogens with zero attached hydrogens (tertiary/aromatic N) is 7. The van der Waals surface area contributed by atoms with E-state index in [-0.39, 0.29) is 30.1 Å². The van der Waals surface area contributed by atoms with E-state index in [4.69, 9.17) is 14.2 Å². The number of aromatic nitrogens is 6. The first-order valence-electron chi connectivity index (χ1n) is 10.8. The largest absolute Gasteiger partial charge is 0.480 e. The summed E-state index contributed by atoms with van der Waals surface area (Å²) in [5.74, 6) is -3.46. The van der Waals surface area contributed by atoms with E-state index in [9.17, 15) is 8.78 Å². The molecule has 11 nitrogen and oxygen atoms in total. The van der Waals surface area contributed by atoms with Crippen LogP contribution in [0.2, 0.25) is 0 Å². The molecule has 1 fully saturated rings. The molecule has 0 spiro atoms. The summed E-state index contributed by atoms with van der Waals surface area (Å²) in [6, 6.07) is 4.02. The van der Waals surface area contributed by atoms with Gasteiger partial charge in [-0.05, 0) is 12.1 Å². The van der Waals surface area contributed by atoms with Gasteiger partial charge in [0.05, 0.1) is 44.8 Å². The Bertz CT molecular complexity index is 1400. The SMILES string of the molecule is COc1ncc(-c2cc(N3CC(Oc4ccc(OC(F)F)cn4)C(F)(F)C3)c3nccn3n2)c(OC)n1. The van der Waals surface area contributed by atoms with E-state index in [1.165, 1.54) is 42.1 Å². The number of methoxy groups -OCH3 is 2. The van der Waals surface area contributed by atoms with Gasteiger partial charge in [0, 0.05) is 24.7 Å². The number of hydrogen-bond acceptors (Lipinski definition) is 10. The molecule has 5 rings (SSSR count). The van der Waals surface area contributed by atoms with Crippen LogP contribution in [0.15, 0.2) is 43.0 Å². The standard InChI is InChI=1S/C22H19F4N7O4/c1-34-19-13(9-29-21(30-19)35-2)14-7-15(18-27-5-6-33(18)31-14)32-10-16(22(25,26)11-32)37-17-4-3-12(8-28-17)36-20(23)24/h3-9,16,20H,10-11H2,1-2H3. The third-order valence-corrected chi connectivity index (χ3v) is 5.52. The highest BCUT2D eigenvalue weighted by molar-refractivity contribution is 5.76. The van der Waals surface area contributed by atoms with Crippen molar-refractivity contribution in [1.82, 2.24) is 29.5 Å². The quantitative estimate of drug-likeness (QED) is 0.321. The zero-order chi connectivity index (χ0) is 26.2. The number of fused-ring (bicyclic) bond motifs is 1. The molecule has 4 aromatic heterocycles. The van der Waals surface area contributed by atoms with E-state index >= 15 is 8.78 Å². The van der Waals surface area contributed by atoms with Crippen LogP contribution in [-0.4, -0.2) is 75.5 Å². The molecule has 5 heterocycles. The molecule has 0 amide bonds. The van der Waals surface area contributed by atoms with Gasteiger partial charge in [0.2, 0.25) is 11.8 Å². The highest BCUT2D eigenvalue weighted by Crippen LogP contribution is 2.37. The minimum atomic E-state index is -3.27. The molecule has 1 aliphatic heterocycles. The molecule has 1 saturated heterocycles. The third-order valence-electron chi connectivity index (χ3n) is 5.52. The van der Waals surface area contributed by atoms with Crippen LogP contribution in [-0.2, 0) is 0 Å². The fourth-order valence-electron chi connectivity index (χ4n) is 3.86. The van der Waals surface area contributed by atoms with Crippen molar-refractivity contribution in [2.45, 2.75) is 18.6 Å².